The summed E-state index contributed by atoms with van der Waals surface area (Å²) in [7, 11) is 5.91. The summed E-state index contributed by atoms with van der Waals surface area (Å²) in [5.74, 6) is 0.728. The molecule has 2 N–H and O–H groups in total. The van der Waals surface area contributed by atoms with Crippen molar-refractivity contribution in [2.45, 2.75) is 25.8 Å². The second-order valence-corrected chi connectivity index (χ2v) is 6.09. The van der Waals surface area contributed by atoms with E-state index in [-0.39, 0.29) is 12.1 Å². The molecule has 0 saturated heterocycles. The summed E-state index contributed by atoms with van der Waals surface area (Å²) in [6.45, 7) is 2.52. The molecule has 0 spiro atoms. The van der Waals surface area contributed by atoms with Crippen LogP contribution in [0.25, 0.3) is 0 Å². The van der Waals surface area contributed by atoms with Crippen LogP contribution in [0, 0.1) is 0 Å². The lowest BCUT2D eigenvalue weighted by Gasteiger charge is -2.14. The number of hydrogen-bond donors (Lipinski definition) is 2. The molecule has 2 rings (SSSR count). The molecule has 0 bridgehead atoms. The lowest BCUT2D eigenvalue weighted by atomic mass is 10.1. The molecule has 130 valence electrons. The maximum atomic E-state index is 11.9. The Bertz CT molecular complexity index is 649. The summed E-state index contributed by atoms with van der Waals surface area (Å²) in [5.41, 5.74) is 2.46. The van der Waals surface area contributed by atoms with Crippen LogP contribution in [0.15, 0.2) is 30.6 Å². The number of rotatable bonds is 7. The van der Waals surface area contributed by atoms with Gasteiger partial charge in [-0.2, -0.15) is 0 Å². The van der Waals surface area contributed by atoms with Crippen LogP contribution >= 0.6 is 0 Å². The maximum absolute atomic E-state index is 11.9. The van der Waals surface area contributed by atoms with Crippen molar-refractivity contribution in [1.82, 2.24) is 25.4 Å². The number of nitrogens with zero attached hydrogens (tertiary/aromatic N) is 4. The third kappa shape index (κ3) is 4.97. The van der Waals surface area contributed by atoms with Gasteiger partial charge in [0.2, 0.25) is 0 Å². The van der Waals surface area contributed by atoms with Crippen LogP contribution in [0.1, 0.15) is 30.8 Å². The number of aryl methyl sites for hydroxylation is 2. The van der Waals surface area contributed by atoms with E-state index < -0.39 is 0 Å². The summed E-state index contributed by atoms with van der Waals surface area (Å²) < 4.78 is 1.79. The minimum atomic E-state index is -0.187. The first-order chi connectivity index (χ1) is 11.5. The highest BCUT2D eigenvalue weighted by Gasteiger charge is 2.13. The highest BCUT2D eigenvalue weighted by atomic mass is 16.2. The lowest BCUT2D eigenvalue weighted by Crippen LogP contribution is -2.38. The molecule has 0 aliphatic heterocycles. The van der Waals surface area contributed by atoms with Crippen LogP contribution in [0.5, 0.6) is 0 Å². The Morgan fingerprint density at radius 2 is 2.00 bits per heavy atom. The lowest BCUT2D eigenvalue weighted by molar-refractivity contribution is 0.237. The van der Waals surface area contributed by atoms with E-state index in [2.05, 4.69) is 50.0 Å². The molecule has 1 aromatic heterocycles. The topological polar surface area (TPSA) is 75.1 Å². The molecule has 7 nitrogen and oxygen atoms in total. The molecule has 0 saturated carbocycles. The van der Waals surface area contributed by atoms with Gasteiger partial charge in [-0.15, -0.1) is 10.2 Å². The van der Waals surface area contributed by atoms with Gasteiger partial charge in [-0.3, -0.25) is 0 Å². The first-order valence-electron chi connectivity index (χ1n) is 8.12. The zero-order chi connectivity index (χ0) is 17.5. The van der Waals surface area contributed by atoms with E-state index in [0.29, 0.717) is 6.54 Å². The molecule has 24 heavy (non-hydrogen) atoms. The summed E-state index contributed by atoms with van der Waals surface area (Å²) in [6, 6.07) is 8.11. The molecule has 1 heterocycles. The van der Waals surface area contributed by atoms with E-state index in [1.807, 2.05) is 28.1 Å². The molecule has 2 amide bonds. The van der Waals surface area contributed by atoms with Crippen molar-refractivity contribution in [2.24, 2.45) is 7.05 Å². The average molecular weight is 330 g/mol. The molecule has 0 aliphatic rings. The zero-order valence-electron chi connectivity index (χ0n) is 14.8. The number of aromatic nitrogens is 3. The summed E-state index contributed by atoms with van der Waals surface area (Å²) in [6.07, 6.45) is 3.45. The molecular formula is C17H26N6O. The number of hydrogen-bond acceptors (Lipinski definition) is 4. The fourth-order valence-corrected chi connectivity index (χ4v) is 2.45. The van der Waals surface area contributed by atoms with Crippen molar-refractivity contribution >= 4 is 11.7 Å². The van der Waals surface area contributed by atoms with E-state index in [0.717, 1.165) is 18.7 Å². The third-order valence-corrected chi connectivity index (χ3v) is 3.86. The van der Waals surface area contributed by atoms with Crippen molar-refractivity contribution in [1.29, 1.82) is 0 Å². The summed E-state index contributed by atoms with van der Waals surface area (Å²) in [5, 5.41) is 13.5. The SMILES string of the molecule is C[C@@H](NC(=O)NCCCc1ccc(N(C)C)cc1)c1nncn1C. The monoisotopic (exact) mass is 330 g/mol. The van der Waals surface area contributed by atoms with Crippen molar-refractivity contribution in [3.63, 3.8) is 0 Å². The van der Waals surface area contributed by atoms with Gasteiger partial charge < -0.3 is 20.1 Å². The van der Waals surface area contributed by atoms with Crippen molar-refractivity contribution < 1.29 is 4.79 Å². The van der Waals surface area contributed by atoms with Gasteiger partial charge in [-0.1, -0.05) is 12.1 Å². The molecule has 1 atom stereocenters. The number of carbonyl (C=O) groups is 1. The fourth-order valence-electron chi connectivity index (χ4n) is 2.45. The molecule has 1 aromatic carbocycles. The second-order valence-electron chi connectivity index (χ2n) is 6.09. The van der Waals surface area contributed by atoms with E-state index in [1.54, 1.807) is 10.9 Å². The Morgan fingerprint density at radius 1 is 1.29 bits per heavy atom. The maximum Gasteiger partial charge on any atom is 0.315 e. The number of anilines is 1. The van der Waals surface area contributed by atoms with Crippen molar-refractivity contribution in [3.05, 3.63) is 42.0 Å². The largest absolute Gasteiger partial charge is 0.378 e. The van der Waals surface area contributed by atoms with Gasteiger partial charge in [0.05, 0.1) is 6.04 Å². The fraction of sp³-hybridized carbons (Fsp3) is 0.471. The highest BCUT2D eigenvalue weighted by Crippen LogP contribution is 2.13. The predicted octanol–water partition coefficient (Wildman–Crippen LogP) is 1.87. The van der Waals surface area contributed by atoms with Gasteiger partial charge in [0, 0.05) is 33.4 Å². The number of urea groups is 1. The number of benzene rings is 1. The van der Waals surface area contributed by atoms with E-state index >= 15 is 0 Å². The molecule has 2 aromatic rings. The molecule has 0 fully saturated rings. The van der Waals surface area contributed by atoms with Gasteiger partial charge in [0.25, 0.3) is 0 Å². The van der Waals surface area contributed by atoms with Crippen molar-refractivity contribution in [2.75, 3.05) is 25.5 Å². The van der Waals surface area contributed by atoms with Crippen LogP contribution in [0.2, 0.25) is 0 Å². The number of amides is 2. The van der Waals surface area contributed by atoms with Gasteiger partial charge >= 0.3 is 6.03 Å². The smallest absolute Gasteiger partial charge is 0.315 e. The standard InChI is InChI=1S/C17H26N6O/c1-13(16-21-19-12-23(16)4)20-17(24)18-11-5-6-14-7-9-15(10-8-14)22(2)3/h7-10,12-13H,5-6,11H2,1-4H3,(H2,18,20,24)/t13-/m1/s1. The number of nitrogens with one attached hydrogen (secondary N) is 2. The predicted molar refractivity (Wildman–Crippen MR) is 95.0 cm³/mol. The van der Waals surface area contributed by atoms with E-state index in [9.17, 15) is 4.79 Å². The minimum absolute atomic E-state index is 0.184. The molecule has 7 heteroatoms. The summed E-state index contributed by atoms with van der Waals surface area (Å²) in [4.78, 5) is 14.0. The van der Waals surface area contributed by atoms with E-state index in [1.165, 1.54) is 11.3 Å². The van der Waals surface area contributed by atoms with Crippen LogP contribution in [0.4, 0.5) is 10.5 Å². The summed E-state index contributed by atoms with van der Waals surface area (Å²) >= 11 is 0. The van der Waals surface area contributed by atoms with Gasteiger partial charge in [0.15, 0.2) is 5.82 Å². The second kappa shape index (κ2) is 8.33. The Labute approximate surface area is 143 Å². The Hall–Kier alpha value is -2.57. The minimum Gasteiger partial charge on any atom is -0.378 e. The van der Waals surface area contributed by atoms with Crippen molar-refractivity contribution in [3.8, 4) is 0 Å². The van der Waals surface area contributed by atoms with Crippen LogP contribution in [0.3, 0.4) is 0 Å². The average Bonchev–Trinajstić information content (AvgIpc) is 2.98. The van der Waals surface area contributed by atoms with Crippen LogP contribution in [-0.2, 0) is 13.5 Å². The van der Waals surface area contributed by atoms with Gasteiger partial charge in [-0.25, -0.2) is 4.79 Å². The molecule has 0 aliphatic carbocycles. The van der Waals surface area contributed by atoms with Gasteiger partial charge in [0.1, 0.15) is 6.33 Å². The third-order valence-electron chi connectivity index (χ3n) is 3.86. The van der Waals surface area contributed by atoms with Crippen LogP contribution < -0.4 is 15.5 Å². The van der Waals surface area contributed by atoms with Crippen LogP contribution in [-0.4, -0.2) is 41.4 Å². The first-order valence-corrected chi connectivity index (χ1v) is 8.12. The van der Waals surface area contributed by atoms with E-state index in [4.69, 9.17) is 0 Å². The Morgan fingerprint density at radius 3 is 2.58 bits per heavy atom. The highest BCUT2D eigenvalue weighted by molar-refractivity contribution is 5.74. The number of carbonyl (C=O) groups excluding carboxylic acids is 1. The quantitative estimate of drug-likeness (QED) is 0.760. The first kappa shape index (κ1) is 17.8. The molecule has 0 unspecified atom stereocenters. The molecule has 0 radical (unpaired) electrons. The molecular weight excluding hydrogens is 304 g/mol. The zero-order valence-corrected chi connectivity index (χ0v) is 14.8. The van der Waals surface area contributed by atoms with Gasteiger partial charge in [-0.05, 0) is 37.5 Å². The Balaban J connectivity index is 1.68. The Kier molecular flexibility index (Phi) is 6.17. The normalized spacial score (nSPS) is 11.8.